The second-order valence-electron chi connectivity index (χ2n) is 4.46. The zero-order valence-corrected chi connectivity index (χ0v) is 13.7. The lowest BCUT2D eigenvalue weighted by Gasteiger charge is -2.05. The third-order valence-corrected chi connectivity index (χ3v) is 5.21. The van der Waals surface area contributed by atoms with Gasteiger partial charge in [0.05, 0.1) is 12.9 Å². The van der Waals surface area contributed by atoms with E-state index in [1.54, 1.807) is 12.5 Å². The molecule has 0 atom stereocenters. The number of unbranched alkanes of at least 4 members (excludes halogenated alkanes) is 1. The summed E-state index contributed by atoms with van der Waals surface area (Å²) in [5.74, 6) is 0.419. The van der Waals surface area contributed by atoms with E-state index in [2.05, 4.69) is 25.6 Å². The minimum Gasteiger partial charge on any atom is -0.452 e. The summed E-state index contributed by atoms with van der Waals surface area (Å²) < 4.78 is 34.1. The van der Waals surface area contributed by atoms with Gasteiger partial charge >= 0.3 is 0 Å². The van der Waals surface area contributed by atoms with Crippen molar-refractivity contribution >= 4 is 26.0 Å². The number of hydrogen-bond donors (Lipinski definition) is 2. The molecule has 3 N–H and O–H groups in total. The van der Waals surface area contributed by atoms with Gasteiger partial charge in [-0.25, -0.2) is 18.1 Å². The average Bonchev–Trinajstić information content (AvgIpc) is 3.07. The predicted molar refractivity (Wildman–Crippen MR) is 80.9 cm³/mol. The van der Waals surface area contributed by atoms with Crippen molar-refractivity contribution < 1.29 is 12.8 Å². The molecule has 0 saturated heterocycles. The summed E-state index contributed by atoms with van der Waals surface area (Å²) in [4.78, 5) is 4.03. The lowest BCUT2D eigenvalue weighted by atomic mass is 10.3. The fourth-order valence-electron chi connectivity index (χ4n) is 1.80. The van der Waals surface area contributed by atoms with Gasteiger partial charge in [0.1, 0.15) is 10.7 Å². The van der Waals surface area contributed by atoms with Gasteiger partial charge in [0.25, 0.3) is 0 Å². The van der Waals surface area contributed by atoms with Crippen LogP contribution in [-0.2, 0) is 23.1 Å². The molecule has 2 heterocycles. The van der Waals surface area contributed by atoms with Crippen LogP contribution in [0.25, 0.3) is 0 Å². The molecule has 0 bridgehead atoms. The molecule has 21 heavy (non-hydrogen) atoms. The first-order valence-corrected chi connectivity index (χ1v) is 8.74. The maximum absolute atomic E-state index is 12.1. The molecule has 0 aliphatic carbocycles. The normalized spacial score (nSPS) is 11.9. The van der Waals surface area contributed by atoms with Crippen LogP contribution in [0.2, 0.25) is 0 Å². The number of nitrogens with two attached hydrogens (primary N) is 1. The molecule has 0 fully saturated rings. The number of hydrogen-bond acceptors (Lipinski definition) is 5. The number of nitrogens with one attached hydrogen (secondary N) is 1. The molecule has 0 aromatic carbocycles. The number of aromatic nitrogens is 2. The Hall–Kier alpha value is -1.16. The molecule has 0 aliphatic rings. The van der Waals surface area contributed by atoms with Crippen molar-refractivity contribution in [2.75, 3.05) is 6.54 Å². The number of sulfonamides is 1. The second-order valence-corrected chi connectivity index (χ2v) is 6.92. The zero-order valence-electron chi connectivity index (χ0n) is 11.3. The molecule has 0 saturated carbocycles. The molecule has 9 heteroatoms. The molecule has 0 radical (unpaired) electrons. The summed E-state index contributed by atoms with van der Waals surface area (Å²) in [6.07, 6.45) is 6.92. The largest absolute Gasteiger partial charge is 0.452 e. The van der Waals surface area contributed by atoms with Crippen molar-refractivity contribution in [3.05, 3.63) is 35.2 Å². The first-order valence-electron chi connectivity index (χ1n) is 6.46. The Morgan fingerprint density at radius 1 is 1.43 bits per heavy atom. The van der Waals surface area contributed by atoms with E-state index in [-0.39, 0.29) is 16.1 Å². The Morgan fingerprint density at radius 2 is 2.24 bits per heavy atom. The first-order chi connectivity index (χ1) is 10.0. The van der Waals surface area contributed by atoms with Crippen LogP contribution < -0.4 is 10.5 Å². The maximum Gasteiger partial charge on any atom is 0.244 e. The molecule has 116 valence electrons. The third kappa shape index (κ3) is 4.40. The minimum absolute atomic E-state index is 0.0811. The Bertz CT molecular complexity index is 667. The second kappa shape index (κ2) is 7.21. The van der Waals surface area contributed by atoms with E-state index in [1.165, 1.54) is 6.07 Å². The SMILES string of the molecule is NCc1cc(S(=O)(=O)NCCCCn2ccnc2)c(Br)o1. The van der Waals surface area contributed by atoms with Crippen molar-refractivity contribution in [3.63, 3.8) is 0 Å². The number of furan rings is 1. The van der Waals surface area contributed by atoms with E-state index >= 15 is 0 Å². The summed E-state index contributed by atoms with van der Waals surface area (Å²) in [5, 5.41) is 0. The van der Waals surface area contributed by atoms with Crippen LogP contribution in [0.15, 0.2) is 38.8 Å². The van der Waals surface area contributed by atoms with E-state index in [0.29, 0.717) is 12.3 Å². The van der Waals surface area contributed by atoms with Crippen LogP contribution in [0.3, 0.4) is 0 Å². The molecule has 7 nitrogen and oxygen atoms in total. The van der Waals surface area contributed by atoms with Crippen molar-refractivity contribution in [2.24, 2.45) is 5.73 Å². The Labute approximate surface area is 131 Å². The summed E-state index contributed by atoms with van der Waals surface area (Å²) in [5.41, 5.74) is 5.42. The van der Waals surface area contributed by atoms with Gasteiger partial charge in [-0.15, -0.1) is 0 Å². The van der Waals surface area contributed by atoms with E-state index in [0.717, 1.165) is 19.4 Å². The molecule has 0 unspecified atom stereocenters. The van der Waals surface area contributed by atoms with Crippen molar-refractivity contribution in [2.45, 2.75) is 30.8 Å². The van der Waals surface area contributed by atoms with E-state index in [9.17, 15) is 8.42 Å². The van der Waals surface area contributed by atoms with Crippen LogP contribution in [0, 0.1) is 0 Å². The van der Waals surface area contributed by atoms with Gasteiger partial charge in [0.15, 0.2) is 4.67 Å². The number of nitrogens with zero attached hydrogens (tertiary/aromatic N) is 2. The fraction of sp³-hybridized carbons (Fsp3) is 0.417. The number of imidazole rings is 1. The maximum atomic E-state index is 12.1. The monoisotopic (exact) mass is 376 g/mol. The standard InChI is InChI=1S/C12H17BrN4O3S/c13-12-11(7-10(8-14)20-12)21(18,19)16-3-1-2-5-17-6-4-15-9-17/h4,6-7,9,16H,1-3,5,8,14H2. The van der Waals surface area contributed by atoms with Gasteiger partial charge in [-0.1, -0.05) is 0 Å². The van der Waals surface area contributed by atoms with Crippen LogP contribution in [0.4, 0.5) is 0 Å². The Balaban J connectivity index is 1.82. The van der Waals surface area contributed by atoms with Gasteiger partial charge in [-0.2, -0.15) is 0 Å². The Kier molecular flexibility index (Phi) is 5.57. The number of aryl methyl sites for hydroxylation is 1. The summed E-state index contributed by atoms with van der Waals surface area (Å²) in [6, 6.07) is 1.43. The Morgan fingerprint density at radius 3 is 2.86 bits per heavy atom. The highest BCUT2D eigenvalue weighted by atomic mass is 79.9. The third-order valence-electron chi connectivity index (χ3n) is 2.89. The topological polar surface area (TPSA) is 103 Å². The molecule has 2 aromatic heterocycles. The molecule has 0 spiro atoms. The average molecular weight is 377 g/mol. The van der Waals surface area contributed by atoms with Gasteiger partial charge in [-0.3, -0.25) is 0 Å². The molecule has 0 amide bonds. The predicted octanol–water partition coefficient (Wildman–Crippen LogP) is 1.46. The molecular formula is C12H17BrN4O3S. The summed E-state index contributed by atoms with van der Waals surface area (Å²) >= 11 is 3.09. The molecule has 2 rings (SSSR count). The van der Waals surface area contributed by atoms with Crippen LogP contribution in [0.1, 0.15) is 18.6 Å². The quantitative estimate of drug-likeness (QED) is 0.678. The lowest BCUT2D eigenvalue weighted by molar-refractivity contribution is 0.483. The smallest absolute Gasteiger partial charge is 0.244 e. The van der Waals surface area contributed by atoms with E-state index in [4.69, 9.17) is 10.2 Å². The van der Waals surface area contributed by atoms with E-state index in [1.807, 2.05) is 10.8 Å². The van der Waals surface area contributed by atoms with Crippen molar-refractivity contribution in [1.29, 1.82) is 0 Å². The highest BCUT2D eigenvalue weighted by Gasteiger charge is 2.21. The van der Waals surface area contributed by atoms with Gasteiger partial charge < -0.3 is 14.7 Å². The van der Waals surface area contributed by atoms with Gasteiger partial charge in [-0.05, 0) is 28.8 Å². The number of halogens is 1. The molecule has 0 aliphatic heterocycles. The number of rotatable bonds is 8. The lowest BCUT2D eigenvalue weighted by Crippen LogP contribution is -2.24. The fourth-order valence-corrected chi connectivity index (χ4v) is 3.87. The van der Waals surface area contributed by atoms with Crippen molar-refractivity contribution in [1.82, 2.24) is 14.3 Å². The van der Waals surface area contributed by atoms with Crippen LogP contribution >= 0.6 is 15.9 Å². The summed E-state index contributed by atoms with van der Waals surface area (Å²) in [6.45, 7) is 1.33. The molecular weight excluding hydrogens is 360 g/mol. The van der Waals surface area contributed by atoms with Crippen LogP contribution in [-0.4, -0.2) is 24.5 Å². The summed E-state index contributed by atoms with van der Waals surface area (Å²) in [7, 11) is -3.58. The van der Waals surface area contributed by atoms with Gasteiger partial charge in [0, 0.05) is 31.5 Å². The van der Waals surface area contributed by atoms with E-state index < -0.39 is 10.0 Å². The van der Waals surface area contributed by atoms with Gasteiger partial charge in [0.2, 0.25) is 10.0 Å². The highest BCUT2D eigenvalue weighted by Crippen LogP contribution is 2.25. The van der Waals surface area contributed by atoms with Crippen LogP contribution in [0.5, 0.6) is 0 Å². The minimum atomic E-state index is -3.58. The first kappa shape index (κ1) is 16.2. The van der Waals surface area contributed by atoms with Crippen molar-refractivity contribution in [3.8, 4) is 0 Å². The zero-order chi connectivity index (χ0) is 15.3. The highest BCUT2D eigenvalue weighted by molar-refractivity contribution is 9.10. The molecule has 2 aromatic rings.